The minimum absolute atomic E-state index is 0.137. The number of aryl methyl sites for hydroxylation is 1. The Morgan fingerprint density at radius 2 is 1.68 bits per heavy atom. The van der Waals surface area contributed by atoms with Gasteiger partial charge in [-0.1, -0.05) is 6.92 Å². The van der Waals surface area contributed by atoms with Gasteiger partial charge in [0.2, 0.25) is 0 Å². The fourth-order valence-corrected chi connectivity index (χ4v) is 1.71. The van der Waals surface area contributed by atoms with Crippen LogP contribution < -0.4 is 5.73 Å². The first-order valence-electron chi connectivity index (χ1n) is 5.72. The summed E-state index contributed by atoms with van der Waals surface area (Å²) in [5.41, 5.74) is 6.67. The zero-order chi connectivity index (χ0) is 14.2. The van der Waals surface area contributed by atoms with Crippen LogP contribution in [0.2, 0.25) is 0 Å². The van der Waals surface area contributed by atoms with Crippen molar-refractivity contribution in [2.45, 2.75) is 20.3 Å². The third kappa shape index (κ3) is 2.38. The summed E-state index contributed by atoms with van der Waals surface area (Å²) in [4.78, 5) is 8.23. The zero-order valence-corrected chi connectivity index (χ0v) is 10.5. The first kappa shape index (κ1) is 13.3. The van der Waals surface area contributed by atoms with Gasteiger partial charge >= 0.3 is 0 Å². The number of nitrogens with two attached hydrogens (primary N) is 1. The summed E-state index contributed by atoms with van der Waals surface area (Å²) in [5, 5.41) is 0. The molecule has 0 aliphatic carbocycles. The maximum absolute atomic E-state index is 13.3. The van der Waals surface area contributed by atoms with E-state index in [1.807, 2.05) is 6.92 Å². The highest BCUT2D eigenvalue weighted by molar-refractivity contribution is 5.67. The van der Waals surface area contributed by atoms with Crippen molar-refractivity contribution in [2.75, 3.05) is 5.73 Å². The second-order valence-electron chi connectivity index (χ2n) is 4.11. The third-order valence-corrected chi connectivity index (χ3v) is 2.80. The molecule has 2 rings (SSSR count). The number of halogens is 3. The molecule has 0 aliphatic heterocycles. The Morgan fingerprint density at radius 1 is 1.11 bits per heavy atom. The maximum atomic E-state index is 13.3. The second-order valence-corrected chi connectivity index (χ2v) is 4.11. The van der Waals surface area contributed by atoms with E-state index in [-0.39, 0.29) is 11.4 Å². The molecule has 3 nitrogen and oxygen atoms in total. The average molecular weight is 267 g/mol. The van der Waals surface area contributed by atoms with Crippen molar-refractivity contribution in [1.29, 1.82) is 0 Å². The average Bonchev–Trinajstić information content (AvgIpc) is 2.38. The van der Waals surface area contributed by atoms with Gasteiger partial charge in [-0.05, 0) is 19.1 Å². The van der Waals surface area contributed by atoms with E-state index in [0.29, 0.717) is 23.5 Å². The van der Waals surface area contributed by atoms with Gasteiger partial charge in [0.25, 0.3) is 0 Å². The highest BCUT2D eigenvalue weighted by Crippen LogP contribution is 2.27. The standard InChI is InChI=1S/C13H12F3N3/c1-3-10-18-12(6(2)13(17)19-10)7-4-8(14)11(16)9(15)5-7/h4-5H,3H2,1-2H3,(H2,17,18,19). The van der Waals surface area contributed by atoms with Crippen LogP contribution in [0.4, 0.5) is 19.0 Å². The van der Waals surface area contributed by atoms with Crippen molar-refractivity contribution in [2.24, 2.45) is 0 Å². The van der Waals surface area contributed by atoms with Crippen LogP contribution in [-0.4, -0.2) is 9.97 Å². The number of anilines is 1. The first-order chi connectivity index (χ1) is 8.93. The lowest BCUT2D eigenvalue weighted by molar-refractivity contribution is 0.447. The molecular weight excluding hydrogens is 255 g/mol. The summed E-state index contributed by atoms with van der Waals surface area (Å²) >= 11 is 0. The molecule has 1 aromatic heterocycles. The lowest BCUT2D eigenvalue weighted by Gasteiger charge is -2.10. The minimum atomic E-state index is -1.50. The molecule has 1 heterocycles. The van der Waals surface area contributed by atoms with Crippen LogP contribution in [0.1, 0.15) is 18.3 Å². The smallest absolute Gasteiger partial charge is 0.194 e. The van der Waals surface area contributed by atoms with Gasteiger partial charge in [0.15, 0.2) is 17.5 Å². The number of hydrogen-bond donors (Lipinski definition) is 1. The fraction of sp³-hybridized carbons (Fsp3) is 0.231. The van der Waals surface area contributed by atoms with Crippen LogP contribution in [-0.2, 0) is 6.42 Å². The van der Waals surface area contributed by atoms with Crippen molar-refractivity contribution in [3.63, 3.8) is 0 Å². The molecule has 0 saturated heterocycles. The van der Waals surface area contributed by atoms with E-state index < -0.39 is 17.5 Å². The summed E-state index contributed by atoms with van der Waals surface area (Å²) in [5.74, 6) is -3.32. The van der Waals surface area contributed by atoms with Gasteiger partial charge in [-0.3, -0.25) is 0 Å². The number of rotatable bonds is 2. The summed E-state index contributed by atoms with van der Waals surface area (Å²) in [6, 6.07) is 1.79. The molecule has 0 spiro atoms. The zero-order valence-electron chi connectivity index (χ0n) is 10.5. The maximum Gasteiger partial charge on any atom is 0.194 e. The lowest BCUT2D eigenvalue weighted by Crippen LogP contribution is -2.05. The summed E-state index contributed by atoms with van der Waals surface area (Å²) in [6.45, 7) is 3.48. The van der Waals surface area contributed by atoms with Gasteiger partial charge in [-0.2, -0.15) is 0 Å². The topological polar surface area (TPSA) is 51.8 Å². The van der Waals surface area contributed by atoms with Crippen LogP contribution in [0, 0.1) is 24.4 Å². The Kier molecular flexibility index (Phi) is 3.42. The predicted molar refractivity (Wildman–Crippen MR) is 65.9 cm³/mol. The van der Waals surface area contributed by atoms with E-state index in [0.717, 1.165) is 12.1 Å². The Morgan fingerprint density at radius 3 is 2.21 bits per heavy atom. The second kappa shape index (κ2) is 4.87. The minimum Gasteiger partial charge on any atom is -0.383 e. The number of nitrogens with zero attached hydrogens (tertiary/aromatic N) is 2. The van der Waals surface area contributed by atoms with Gasteiger partial charge in [0.1, 0.15) is 11.6 Å². The summed E-state index contributed by atoms with van der Waals surface area (Å²) < 4.78 is 39.4. The van der Waals surface area contributed by atoms with Gasteiger partial charge in [0.05, 0.1) is 5.69 Å². The largest absolute Gasteiger partial charge is 0.383 e. The quantitative estimate of drug-likeness (QED) is 0.851. The Bertz CT molecular complexity index is 618. The molecule has 2 N–H and O–H groups in total. The SMILES string of the molecule is CCc1nc(N)c(C)c(-c2cc(F)c(F)c(F)c2)n1. The van der Waals surface area contributed by atoms with Crippen LogP contribution in [0.25, 0.3) is 11.3 Å². The van der Waals surface area contributed by atoms with E-state index in [1.165, 1.54) is 0 Å². The summed E-state index contributed by atoms with van der Waals surface area (Å²) in [6.07, 6.45) is 0.531. The van der Waals surface area contributed by atoms with Gasteiger partial charge in [0, 0.05) is 17.5 Å². The van der Waals surface area contributed by atoms with Gasteiger partial charge in [-0.15, -0.1) is 0 Å². The normalized spacial score (nSPS) is 10.8. The molecule has 0 atom stereocenters. The molecule has 19 heavy (non-hydrogen) atoms. The van der Waals surface area contributed by atoms with Crippen molar-refractivity contribution in [3.8, 4) is 11.3 Å². The highest BCUT2D eigenvalue weighted by atomic mass is 19.2. The van der Waals surface area contributed by atoms with Crippen LogP contribution >= 0.6 is 0 Å². The molecular formula is C13H12F3N3. The molecule has 0 aliphatic rings. The molecule has 6 heteroatoms. The monoisotopic (exact) mass is 267 g/mol. The van der Waals surface area contributed by atoms with Crippen molar-refractivity contribution < 1.29 is 13.2 Å². The van der Waals surface area contributed by atoms with E-state index in [9.17, 15) is 13.2 Å². The fourth-order valence-electron chi connectivity index (χ4n) is 1.71. The number of benzene rings is 1. The van der Waals surface area contributed by atoms with Crippen LogP contribution in [0.15, 0.2) is 12.1 Å². The molecule has 0 amide bonds. The molecule has 2 aromatic rings. The molecule has 0 saturated carbocycles. The Balaban J connectivity index is 2.68. The number of aromatic nitrogens is 2. The van der Waals surface area contributed by atoms with E-state index in [2.05, 4.69) is 9.97 Å². The van der Waals surface area contributed by atoms with Gasteiger partial charge in [-0.25, -0.2) is 23.1 Å². The van der Waals surface area contributed by atoms with Crippen molar-refractivity contribution >= 4 is 5.82 Å². The van der Waals surface area contributed by atoms with Crippen molar-refractivity contribution in [3.05, 3.63) is 41.0 Å². The molecule has 0 bridgehead atoms. The predicted octanol–water partition coefficient (Wildman–Crippen LogP) is 3.01. The third-order valence-electron chi connectivity index (χ3n) is 2.80. The molecule has 0 unspecified atom stereocenters. The lowest BCUT2D eigenvalue weighted by atomic mass is 10.1. The number of hydrogen-bond acceptors (Lipinski definition) is 3. The van der Waals surface area contributed by atoms with E-state index in [4.69, 9.17) is 5.73 Å². The number of nitrogen functional groups attached to an aromatic ring is 1. The molecule has 100 valence electrons. The summed E-state index contributed by atoms with van der Waals surface area (Å²) in [7, 11) is 0. The van der Waals surface area contributed by atoms with Crippen LogP contribution in [0.3, 0.4) is 0 Å². The van der Waals surface area contributed by atoms with Crippen molar-refractivity contribution in [1.82, 2.24) is 9.97 Å². The Labute approximate surface area is 108 Å². The van der Waals surface area contributed by atoms with E-state index in [1.54, 1.807) is 6.92 Å². The van der Waals surface area contributed by atoms with E-state index >= 15 is 0 Å². The van der Waals surface area contributed by atoms with Crippen LogP contribution in [0.5, 0.6) is 0 Å². The molecule has 1 aromatic carbocycles. The highest BCUT2D eigenvalue weighted by Gasteiger charge is 2.15. The van der Waals surface area contributed by atoms with Gasteiger partial charge < -0.3 is 5.73 Å². The Hall–Kier alpha value is -2.11. The molecule has 0 fully saturated rings. The first-order valence-corrected chi connectivity index (χ1v) is 5.72. The molecule has 0 radical (unpaired) electrons.